The number of hydrogen-bond acceptors (Lipinski definition) is 5. The van der Waals surface area contributed by atoms with Gasteiger partial charge in [0.15, 0.2) is 0 Å². The second-order valence-corrected chi connectivity index (χ2v) is 6.21. The minimum Gasteiger partial charge on any atom is -0.497 e. The molecule has 2 heterocycles. The van der Waals surface area contributed by atoms with Gasteiger partial charge < -0.3 is 14.5 Å². The van der Waals surface area contributed by atoms with Crippen molar-refractivity contribution in [2.75, 3.05) is 7.11 Å². The second kappa shape index (κ2) is 7.15. The van der Waals surface area contributed by atoms with Crippen molar-refractivity contribution < 1.29 is 13.9 Å². The van der Waals surface area contributed by atoms with Gasteiger partial charge in [0.2, 0.25) is 0 Å². The Morgan fingerprint density at radius 1 is 1.18 bits per heavy atom. The van der Waals surface area contributed by atoms with E-state index in [4.69, 9.17) is 9.47 Å². The number of methoxy groups -OCH3 is 1. The Balaban J connectivity index is 1.84. The zero-order valence-electron chi connectivity index (χ0n) is 15.3. The quantitative estimate of drug-likeness (QED) is 0.575. The molecule has 28 heavy (non-hydrogen) atoms. The zero-order chi connectivity index (χ0) is 19.7. The first-order valence-electron chi connectivity index (χ1n) is 8.52. The molecular formula is C20H17FN4O3. The van der Waals surface area contributed by atoms with Gasteiger partial charge in [-0.25, -0.2) is 9.37 Å². The van der Waals surface area contributed by atoms with Crippen LogP contribution in [0.3, 0.4) is 0 Å². The SMILES string of the molecule is COc1ccc(-c2cc3c(=O)[nH]cnc3cc2OCc2ccn(C)n2)c(F)c1. The fraction of sp³-hybridized carbons (Fsp3) is 0.150. The van der Waals surface area contributed by atoms with E-state index in [1.165, 1.54) is 19.5 Å². The molecule has 0 bridgehead atoms. The lowest BCUT2D eigenvalue weighted by Gasteiger charge is -2.13. The van der Waals surface area contributed by atoms with Crippen molar-refractivity contribution in [3.05, 3.63) is 70.8 Å². The first kappa shape index (κ1) is 17.7. The second-order valence-electron chi connectivity index (χ2n) is 6.21. The number of hydrogen-bond donors (Lipinski definition) is 1. The summed E-state index contributed by atoms with van der Waals surface area (Å²) in [6.07, 6.45) is 3.13. The van der Waals surface area contributed by atoms with Crippen LogP contribution in [0.4, 0.5) is 4.39 Å². The van der Waals surface area contributed by atoms with Gasteiger partial charge >= 0.3 is 0 Å². The number of rotatable bonds is 5. The van der Waals surface area contributed by atoms with E-state index in [0.717, 1.165) is 5.69 Å². The number of ether oxygens (including phenoxy) is 2. The normalized spacial score (nSPS) is 11.0. The van der Waals surface area contributed by atoms with Crippen LogP contribution >= 0.6 is 0 Å². The van der Waals surface area contributed by atoms with Crippen molar-refractivity contribution in [3.63, 3.8) is 0 Å². The molecule has 0 fully saturated rings. The third kappa shape index (κ3) is 3.32. The van der Waals surface area contributed by atoms with Crippen molar-refractivity contribution in [1.82, 2.24) is 19.7 Å². The Morgan fingerprint density at radius 2 is 2.04 bits per heavy atom. The molecule has 0 aliphatic carbocycles. The van der Waals surface area contributed by atoms with E-state index >= 15 is 0 Å². The molecule has 0 radical (unpaired) electrons. The Hall–Kier alpha value is -3.68. The van der Waals surface area contributed by atoms with Crippen LogP contribution in [0, 0.1) is 5.82 Å². The summed E-state index contributed by atoms with van der Waals surface area (Å²) in [5, 5.41) is 4.62. The van der Waals surface area contributed by atoms with Crippen molar-refractivity contribution in [1.29, 1.82) is 0 Å². The minimum absolute atomic E-state index is 0.195. The highest BCUT2D eigenvalue weighted by atomic mass is 19.1. The average Bonchev–Trinajstić information content (AvgIpc) is 3.11. The van der Waals surface area contributed by atoms with Crippen molar-refractivity contribution in [3.8, 4) is 22.6 Å². The molecule has 4 aromatic rings. The molecular weight excluding hydrogens is 363 g/mol. The molecule has 0 atom stereocenters. The molecule has 8 heteroatoms. The van der Waals surface area contributed by atoms with E-state index in [-0.39, 0.29) is 12.2 Å². The summed E-state index contributed by atoms with van der Waals surface area (Å²) >= 11 is 0. The standard InChI is InChI=1S/C20H17FN4O3/c1-25-6-5-12(24-25)10-28-19-9-18-16(20(26)23-11-22-18)8-15(19)14-4-3-13(27-2)7-17(14)21/h3-9,11H,10H2,1-2H3,(H,22,23,26). The Morgan fingerprint density at radius 3 is 2.75 bits per heavy atom. The molecule has 0 saturated heterocycles. The number of aromatic nitrogens is 4. The van der Waals surface area contributed by atoms with Crippen molar-refractivity contribution in [2.45, 2.75) is 6.61 Å². The Kier molecular flexibility index (Phi) is 4.52. The molecule has 0 saturated carbocycles. The number of aromatic amines is 1. The molecule has 4 rings (SSSR count). The highest BCUT2D eigenvalue weighted by Crippen LogP contribution is 2.36. The zero-order valence-corrected chi connectivity index (χ0v) is 15.3. The van der Waals surface area contributed by atoms with Crippen LogP contribution in [-0.2, 0) is 13.7 Å². The van der Waals surface area contributed by atoms with Crippen LogP contribution in [0.25, 0.3) is 22.0 Å². The number of nitrogens with zero attached hydrogens (tertiary/aromatic N) is 3. The van der Waals surface area contributed by atoms with Crippen LogP contribution in [0.5, 0.6) is 11.5 Å². The third-order valence-electron chi connectivity index (χ3n) is 4.35. The van der Waals surface area contributed by atoms with E-state index < -0.39 is 5.82 Å². The fourth-order valence-electron chi connectivity index (χ4n) is 2.96. The van der Waals surface area contributed by atoms with Gasteiger partial charge in [-0.05, 0) is 24.3 Å². The van der Waals surface area contributed by atoms with Gasteiger partial charge in [-0.2, -0.15) is 5.10 Å². The Labute approximate surface area is 159 Å². The predicted octanol–water partition coefficient (Wildman–Crippen LogP) is 3.05. The molecule has 0 unspecified atom stereocenters. The summed E-state index contributed by atoms with van der Waals surface area (Å²) in [6.45, 7) is 0.195. The minimum atomic E-state index is -0.485. The van der Waals surface area contributed by atoms with E-state index in [2.05, 4.69) is 15.1 Å². The lowest BCUT2D eigenvalue weighted by Crippen LogP contribution is -2.07. The average molecular weight is 380 g/mol. The topological polar surface area (TPSA) is 82.0 Å². The van der Waals surface area contributed by atoms with Gasteiger partial charge in [-0.15, -0.1) is 0 Å². The van der Waals surface area contributed by atoms with Gasteiger partial charge in [0.05, 0.1) is 30.0 Å². The fourth-order valence-corrected chi connectivity index (χ4v) is 2.96. The highest BCUT2D eigenvalue weighted by Gasteiger charge is 2.16. The first-order chi connectivity index (χ1) is 13.5. The Bertz CT molecular complexity index is 1220. The lowest BCUT2D eigenvalue weighted by molar-refractivity contribution is 0.301. The summed E-state index contributed by atoms with van der Waals surface area (Å²) in [7, 11) is 3.28. The molecule has 1 N–H and O–H groups in total. The maximum atomic E-state index is 14.7. The number of fused-ring (bicyclic) bond motifs is 1. The predicted molar refractivity (Wildman–Crippen MR) is 102 cm³/mol. The van der Waals surface area contributed by atoms with Crippen LogP contribution in [0.1, 0.15) is 5.69 Å². The summed E-state index contributed by atoms with van der Waals surface area (Å²) < 4.78 is 27.4. The summed E-state index contributed by atoms with van der Waals surface area (Å²) in [4.78, 5) is 18.9. The number of benzene rings is 2. The highest BCUT2D eigenvalue weighted by molar-refractivity contribution is 5.87. The molecule has 2 aromatic carbocycles. The number of nitrogens with one attached hydrogen (secondary N) is 1. The van der Waals surface area contributed by atoms with E-state index in [0.29, 0.717) is 33.5 Å². The summed E-state index contributed by atoms with van der Waals surface area (Å²) in [6, 6.07) is 9.58. The van der Waals surface area contributed by atoms with Gasteiger partial charge in [-0.1, -0.05) is 0 Å². The molecule has 142 valence electrons. The van der Waals surface area contributed by atoms with Crippen LogP contribution in [0.2, 0.25) is 0 Å². The van der Waals surface area contributed by atoms with Gasteiger partial charge in [0.25, 0.3) is 5.56 Å². The number of H-pyrrole nitrogens is 1. The number of aryl methyl sites for hydroxylation is 1. The summed E-state index contributed by atoms with van der Waals surface area (Å²) in [5.41, 5.74) is 1.61. The molecule has 0 spiro atoms. The molecule has 7 nitrogen and oxygen atoms in total. The van der Waals surface area contributed by atoms with Crippen molar-refractivity contribution in [2.24, 2.45) is 7.05 Å². The van der Waals surface area contributed by atoms with Crippen LogP contribution < -0.4 is 15.0 Å². The first-order valence-corrected chi connectivity index (χ1v) is 8.52. The smallest absolute Gasteiger partial charge is 0.258 e. The van der Waals surface area contributed by atoms with Gasteiger partial charge in [0.1, 0.15) is 23.9 Å². The van der Waals surface area contributed by atoms with E-state index in [1.54, 1.807) is 28.9 Å². The molecule has 0 aliphatic heterocycles. The van der Waals surface area contributed by atoms with Gasteiger partial charge in [-0.3, -0.25) is 9.48 Å². The van der Waals surface area contributed by atoms with Crippen LogP contribution in [-0.4, -0.2) is 26.9 Å². The largest absolute Gasteiger partial charge is 0.497 e. The molecule has 0 amide bonds. The maximum Gasteiger partial charge on any atom is 0.258 e. The van der Waals surface area contributed by atoms with Gasteiger partial charge in [0, 0.05) is 36.5 Å². The van der Waals surface area contributed by atoms with Crippen LogP contribution in [0.15, 0.2) is 53.7 Å². The lowest BCUT2D eigenvalue weighted by atomic mass is 10.0. The maximum absolute atomic E-state index is 14.7. The van der Waals surface area contributed by atoms with E-state index in [1.807, 2.05) is 19.3 Å². The molecule has 0 aliphatic rings. The monoisotopic (exact) mass is 380 g/mol. The number of halogens is 1. The molecule has 2 aromatic heterocycles. The third-order valence-corrected chi connectivity index (χ3v) is 4.35. The van der Waals surface area contributed by atoms with E-state index in [9.17, 15) is 9.18 Å². The van der Waals surface area contributed by atoms with Crippen molar-refractivity contribution >= 4 is 10.9 Å². The summed E-state index contributed by atoms with van der Waals surface area (Å²) in [5.74, 6) is 0.319.